The first kappa shape index (κ1) is 72.3. The molecule has 4 aromatic rings. The maximum Gasteiger partial charge on any atom is 0.408 e. The van der Waals surface area contributed by atoms with Crippen molar-refractivity contribution in [3.8, 4) is 23.3 Å². The quantitative estimate of drug-likeness (QED) is 0.130. The molecule has 28 heteroatoms. The average Bonchev–Trinajstić information content (AvgIpc) is 1.67. The van der Waals surface area contributed by atoms with Crippen LogP contribution in [0.15, 0.2) is 48.5 Å². The average molecular weight is 1360 g/mol. The van der Waals surface area contributed by atoms with E-state index in [0.717, 1.165) is 0 Å². The normalized spacial score (nSPS) is 28.6. The first-order chi connectivity index (χ1) is 41.9. The molecular weight excluding hydrogens is 1290 g/mol. The standard InChI is InChI=1S/C32H38F4N3O6.C31H36F4N3O6.2V/c1-5-20-23(16-40)39-15-25(20)44-27-21(12-17-9-10-19(43-29(33)34)14-22(17)37-27)32(35,36)11-7-6-8-18-13-24(18)45-30(42)38-26(28(39)41)31(2,3)4;1-16-22(15-39)38-14-24(16)43-26-20(11-17-8-9-19(42-28(32)33)13-21(17)36-26)31(34,35)10-6-5-7-18-12-23(18)44-29(41)37-25(27(38)40)30(2,3)4;;/h9-10,12,14,18,20,23-26,29H,5-8,11,13,15H2,1-4H3,(H,38,42);8-9,11,13,16,18,22-25,28H,5-7,10,12,14H2,1-4H3,(H,37,41);;/q2*-1;;/t18-,20+,23-,24-,25+,26-;16-,18+,22+,23+,24-,25+;;/m10../s1. The van der Waals surface area contributed by atoms with Crippen LogP contribution in [0.25, 0.3) is 21.8 Å². The van der Waals surface area contributed by atoms with Gasteiger partial charge in [0.05, 0.1) is 35.2 Å². The number of hydrogen-bond acceptors (Lipinski definition) is 14. The molecule has 2 aromatic carbocycles. The van der Waals surface area contributed by atoms with Gasteiger partial charge in [-0.25, -0.2) is 49.7 Å². The molecule has 12 atom stereocenters. The third-order valence-corrected chi connectivity index (χ3v) is 17.6. The molecule has 6 heterocycles. The molecule has 18 nitrogen and oxygen atoms in total. The smallest absolute Gasteiger partial charge is 0.408 e. The number of aromatic nitrogens is 2. The van der Waals surface area contributed by atoms with Crippen molar-refractivity contribution < 1.29 is 129 Å². The van der Waals surface area contributed by atoms with E-state index in [-0.39, 0.29) is 120 Å². The minimum Gasteiger partial charge on any atom is -0.540 e. The van der Waals surface area contributed by atoms with Crippen molar-refractivity contribution in [2.75, 3.05) is 13.1 Å². The van der Waals surface area contributed by atoms with Gasteiger partial charge in [0.1, 0.15) is 48.0 Å². The number of pyridine rings is 2. The predicted octanol–water partition coefficient (Wildman–Crippen LogP) is 11.9. The second-order valence-electron chi connectivity index (χ2n) is 26.2. The van der Waals surface area contributed by atoms with Gasteiger partial charge in [-0.3, -0.25) is 9.59 Å². The van der Waals surface area contributed by atoms with Gasteiger partial charge in [0.2, 0.25) is 23.6 Å². The second kappa shape index (κ2) is 29.0. The fourth-order valence-corrected chi connectivity index (χ4v) is 12.3. The molecule has 4 bridgehead atoms. The molecular formula is C63H74F8N6O12V2-2. The number of nitrogens with one attached hydrogen (secondary N) is 2. The van der Waals surface area contributed by atoms with E-state index in [2.05, 4.69) is 30.1 Å². The number of ether oxygens (including phenoxy) is 6. The van der Waals surface area contributed by atoms with Gasteiger partial charge in [-0.2, -0.15) is 17.6 Å². The van der Waals surface area contributed by atoms with Crippen molar-refractivity contribution >= 4 is 58.4 Å². The van der Waals surface area contributed by atoms with Gasteiger partial charge >= 0.3 is 25.4 Å². The third kappa shape index (κ3) is 17.0. The van der Waals surface area contributed by atoms with Gasteiger partial charge in [0.25, 0.3) is 11.8 Å². The van der Waals surface area contributed by atoms with Crippen LogP contribution >= 0.6 is 0 Å². The summed E-state index contributed by atoms with van der Waals surface area (Å²) in [6.45, 7) is 7.45. The van der Waals surface area contributed by atoms with Crippen LogP contribution in [0.1, 0.15) is 137 Å². The minimum absolute atomic E-state index is 0. The Bertz CT molecular complexity index is 3290. The molecule has 2 N–H and O–H groups in total. The number of rotatable bonds is 7. The second-order valence-corrected chi connectivity index (χ2v) is 26.2. The van der Waals surface area contributed by atoms with Gasteiger partial charge < -0.3 is 58.4 Å². The molecule has 10 rings (SSSR count). The number of nitrogens with zero attached hydrogens (tertiary/aromatic N) is 4. The summed E-state index contributed by atoms with van der Waals surface area (Å²) >= 11 is 0. The fourth-order valence-electron chi connectivity index (χ4n) is 12.3. The molecule has 496 valence electrons. The van der Waals surface area contributed by atoms with Gasteiger partial charge in [0.15, 0.2) is 0 Å². The van der Waals surface area contributed by atoms with E-state index in [1.807, 2.05) is 12.6 Å². The van der Waals surface area contributed by atoms with Crippen molar-refractivity contribution in [3.63, 3.8) is 0 Å². The molecule has 6 aliphatic rings. The largest absolute Gasteiger partial charge is 0.540 e. The Morgan fingerprint density at radius 1 is 0.604 bits per heavy atom. The van der Waals surface area contributed by atoms with Gasteiger partial charge in [-0.05, 0) is 109 Å². The maximum atomic E-state index is 15.9. The van der Waals surface area contributed by atoms with Crippen molar-refractivity contribution in [2.24, 2.45) is 34.5 Å². The summed E-state index contributed by atoms with van der Waals surface area (Å²) in [5, 5.41) is 5.92. The van der Waals surface area contributed by atoms with Crippen molar-refractivity contribution in [3.05, 3.63) is 59.7 Å². The molecule has 2 saturated carbocycles. The third-order valence-electron chi connectivity index (χ3n) is 17.6. The maximum absolute atomic E-state index is 15.9. The molecule has 0 spiro atoms. The number of carbonyl (C=O) groups excluding carboxylic acids is 6. The van der Waals surface area contributed by atoms with E-state index in [4.69, 9.17) is 18.9 Å². The van der Waals surface area contributed by atoms with Crippen LogP contribution in [-0.4, -0.2) is 131 Å². The Morgan fingerprint density at radius 3 is 1.41 bits per heavy atom. The Hall–Kier alpha value is -6.11. The SMILES string of the molecule is CC[C@@H]1[C@@H]2CN(C(=O)[C@H](C(C)(C)C)NC(=O)O[C@@H]3C[C@H]3CCCCC(F)(F)c3cc4ccc(OC(F)F)cc4nc3O2)[C@@H]1[C-]=O.C[C@@H]1[C@@H]2CN(C(=O)[C@H](C(C)(C)C)NC(=O)O[C@@H]3C[C@H]3CCCCC(F)(F)c3cc4ccc(OC(F)F)cc4nc3O2)[C@@H]1[C-]=O.[V].[V]. The summed E-state index contributed by atoms with van der Waals surface area (Å²) < 4.78 is 147. The van der Waals surface area contributed by atoms with Crippen molar-refractivity contribution in [1.82, 2.24) is 30.4 Å². The zero-order valence-corrected chi connectivity index (χ0v) is 54.3. The van der Waals surface area contributed by atoms with E-state index in [9.17, 15) is 46.3 Å². The minimum atomic E-state index is -3.37. The number of amides is 4. The molecule has 2 radical (unpaired) electrons. The van der Waals surface area contributed by atoms with E-state index < -0.39 is 144 Å². The first-order valence-electron chi connectivity index (χ1n) is 30.1. The molecule has 2 aromatic heterocycles. The summed E-state index contributed by atoms with van der Waals surface area (Å²) in [4.78, 5) is 89.0. The summed E-state index contributed by atoms with van der Waals surface area (Å²) in [5.41, 5.74) is -2.32. The monoisotopic (exact) mass is 1360 g/mol. The zero-order valence-electron chi connectivity index (χ0n) is 51.5. The molecule has 91 heavy (non-hydrogen) atoms. The van der Waals surface area contributed by atoms with Crippen LogP contribution in [0.4, 0.5) is 44.7 Å². The van der Waals surface area contributed by atoms with E-state index in [0.29, 0.717) is 44.9 Å². The summed E-state index contributed by atoms with van der Waals surface area (Å²) in [7, 11) is 0. The number of fused-ring (bicyclic) bond motifs is 10. The van der Waals surface area contributed by atoms with Crippen LogP contribution < -0.4 is 29.6 Å². The summed E-state index contributed by atoms with van der Waals surface area (Å²) in [6, 6.07) is 5.79. The van der Waals surface area contributed by atoms with Crippen molar-refractivity contribution in [1.29, 1.82) is 0 Å². The summed E-state index contributed by atoms with van der Waals surface area (Å²) in [6.07, 6.45) is 2.68. The topological polar surface area (TPSA) is 214 Å². The van der Waals surface area contributed by atoms with Crippen LogP contribution in [0.3, 0.4) is 0 Å². The van der Waals surface area contributed by atoms with E-state index >= 15 is 17.6 Å². The molecule has 4 amide bonds. The van der Waals surface area contributed by atoms with Gasteiger partial charge in [-0.1, -0.05) is 86.7 Å². The van der Waals surface area contributed by atoms with Crippen LogP contribution in [0.2, 0.25) is 0 Å². The van der Waals surface area contributed by atoms with E-state index in [1.54, 1.807) is 55.4 Å². The zero-order chi connectivity index (χ0) is 64.7. The number of hydrogen-bond donors (Lipinski definition) is 2. The Morgan fingerprint density at radius 2 is 1.01 bits per heavy atom. The first-order valence-corrected chi connectivity index (χ1v) is 30.1. The van der Waals surface area contributed by atoms with Crippen LogP contribution in [-0.2, 0) is 77.6 Å². The molecule has 4 aliphatic heterocycles. The van der Waals surface area contributed by atoms with Crippen LogP contribution in [0.5, 0.6) is 23.3 Å². The Kier molecular flexibility index (Phi) is 23.1. The number of benzene rings is 2. The molecule has 2 aliphatic carbocycles. The van der Waals surface area contributed by atoms with Gasteiger partial charge in [-0.15, -0.1) is 0 Å². The number of alkyl halides is 8. The fraction of sp³-hybridized carbons (Fsp3) is 0.619. The van der Waals surface area contributed by atoms with E-state index in [1.165, 1.54) is 58.3 Å². The molecule has 0 unspecified atom stereocenters. The number of carbonyl (C=O) groups is 4. The summed E-state index contributed by atoms with van der Waals surface area (Å²) in [5.74, 6) is -10.4. The van der Waals surface area contributed by atoms with Gasteiger partial charge in [0, 0.05) is 72.9 Å². The number of alkyl carbamates (subject to hydrolysis) is 2. The molecule has 4 fully saturated rings. The van der Waals surface area contributed by atoms with Crippen molar-refractivity contribution in [2.45, 2.75) is 200 Å². The number of halogens is 8. The predicted molar refractivity (Wildman–Crippen MR) is 305 cm³/mol. The Balaban J connectivity index is 0.000000253. The molecule has 2 saturated heterocycles. The Labute approximate surface area is 545 Å². The van der Waals surface area contributed by atoms with Crippen LogP contribution in [0, 0.1) is 34.5 Å².